The second-order valence-corrected chi connectivity index (χ2v) is 26.9. The number of benzene rings is 8. The lowest BCUT2D eigenvalue weighted by molar-refractivity contribution is -0.149. The summed E-state index contributed by atoms with van der Waals surface area (Å²) >= 11 is 0. The third kappa shape index (κ3) is 20.6. The summed E-state index contributed by atoms with van der Waals surface area (Å²) in [5.41, 5.74) is 11.7. The van der Waals surface area contributed by atoms with Gasteiger partial charge in [-0.1, -0.05) is 203 Å². The van der Waals surface area contributed by atoms with E-state index in [1.54, 1.807) is 97.1 Å². The minimum Gasteiger partial charge on any atom is -0.452 e. The highest BCUT2D eigenvalue weighted by atomic mass is 16.6. The van der Waals surface area contributed by atoms with E-state index < -0.39 is 48.0 Å². The molecule has 0 aliphatic heterocycles. The molecule has 12 nitrogen and oxygen atoms in total. The summed E-state index contributed by atoms with van der Waals surface area (Å²) < 4.78 is 36.7. The Balaban J connectivity index is 0.816. The number of carbonyl (C=O) groups excluding carboxylic acids is 6. The van der Waals surface area contributed by atoms with E-state index in [1.807, 2.05) is 72.8 Å². The molecule has 2 aliphatic carbocycles. The molecule has 100 heavy (non-hydrogen) atoms. The molecule has 0 unspecified atom stereocenters. The molecule has 0 N–H and O–H groups in total. The van der Waals surface area contributed by atoms with Gasteiger partial charge in [-0.3, -0.25) is 9.59 Å². The van der Waals surface area contributed by atoms with Crippen molar-refractivity contribution in [3.63, 3.8) is 0 Å². The molecule has 0 amide bonds. The van der Waals surface area contributed by atoms with Crippen molar-refractivity contribution in [2.45, 2.75) is 220 Å². The quantitative estimate of drug-likeness (QED) is 0.0204. The van der Waals surface area contributed by atoms with Gasteiger partial charge in [-0.15, -0.1) is 0 Å². The molecular weight excluding hydrogens is 1250 g/mol. The normalized spacial score (nSPS) is 12.1. The highest BCUT2D eigenvalue weighted by Crippen LogP contribution is 2.50. The molecule has 8 aromatic carbocycles. The molecule has 522 valence electrons. The van der Waals surface area contributed by atoms with Gasteiger partial charge in [0.15, 0.2) is 12.2 Å². The van der Waals surface area contributed by atoms with Crippen LogP contribution in [-0.2, 0) is 44.7 Å². The zero-order valence-electron chi connectivity index (χ0n) is 59.0. The van der Waals surface area contributed by atoms with E-state index in [0.717, 1.165) is 95.9 Å². The Labute approximate surface area is 591 Å². The number of fused-ring (bicyclic) bond motifs is 6. The minimum atomic E-state index is -0.963. The van der Waals surface area contributed by atoms with Crippen molar-refractivity contribution in [2.24, 2.45) is 0 Å². The fraction of sp³-hybridized carbons (Fsp3) is 0.386. The molecule has 0 bridgehead atoms. The summed E-state index contributed by atoms with van der Waals surface area (Å²) in [4.78, 5) is 83.0. The van der Waals surface area contributed by atoms with E-state index in [9.17, 15) is 28.8 Å². The maximum Gasteiger partial charge on any atom is 0.343 e. The Morgan fingerprint density at radius 1 is 0.260 bits per heavy atom. The fourth-order valence-electron chi connectivity index (χ4n) is 13.4. The summed E-state index contributed by atoms with van der Waals surface area (Å²) in [6.45, 7) is 8.82. The fourth-order valence-corrected chi connectivity index (χ4v) is 13.4. The number of ether oxygens (including phenoxy) is 6. The van der Waals surface area contributed by atoms with Gasteiger partial charge in [-0.25, -0.2) is 19.2 Å². The van der Waals surface area contributed by atoms with Crippen LogP contribution in [-0.4, -0.2) is 35.8 Å². The van der Waals surface area contributed by atoms with Gasteiger partial charge in [0.1, 0.15) is 23.0 Å². The van der Waals surface area contributed by atoms with Crippen LogP contribution in [0.4, 0.5) is 0 Å². The molecule has 10 rings (SSSR count). The lowest BCUT2D eigenvalue weighted by Gasteiger charge is -2.17. The number of carbonyl (C=O) groups is 6. The SMILES string of the molecule is CCCCCCCc1ccc(C(=O)Oc2ccc3c(c2)C(OC(=O)CCCCC(=O)OC2c4cc(OC(=O)c5ccc(CCCCCCC)cc5)ccc4-c4ccc(OC(=O)c5ccc(CCCCCCC)cc5)cc42)c2cc(OC(=O)c4ccc(CCCCCCC)cc4)ccc2-3)cc1. The molecule has 0 atom stereocenters. The molecule has 0 aromatic heterocycles. The summed E-state index contributed by atoms with van der Waals surface area (Å²) in [7, 11) is 0. The molecular formula is C88H98O12. The zero-order chi connectivity index (χ0) is 70.0. The second kappa shape index (κ2) is 37.7. The first-order valence-corrected chi connectivity index (χ1v) is 37.1. The maximum absolute atomic E-state index is 14.2. The Hall–Kier alpha value is -9.42. The van der Waals surface area contributed by atoms with E-state index in [1.165, 1.54) is 103 Å². The lowest BCUT2D eigenvalue weighted by Crippen LogP contribution is -2.13. The van der Waals surface area contributed by atoms with E-state index in [4.69, 9.17) is 28.4 Å². The first kappa shape index (κ1) is 73.3. The molecule has 8 aromatic rings. The Bertz CT molecular complexity index is 3530. The van der Waals surface area contributed by atoms with Gasteiger partial charge >= 0.3 is 35.8 Å². The largest absolute Gasteiger partial charge is 0.452 e. The number of aryl methyl sites for hydroxylation is 4. The van der Waals surface area contributed by atoms with Gasteiger partial charge in [-0.2, -0.15) is 0 Å². The van der Waals surface area contributed by atoms with Gasteiger partial charge < -0.3 is 28.4 Å². The number of hydrogen-bond donors (Lipinski definition) is 0. The van der Waals surface area contributed by atoms with Gasteiger partial charge in [0, 0.05) is 35.1 Å². The summed E-state index contributed by atoms with van der Waals surface area (Å²) in [6.07, 6.45) is 25.8. The number of hydrogen-bond acceptors (Lipinski definition) is 12. The van der Waals surface area contributed by atoms with Crippen molar-refractivity contribution < 1.29 is 57.2 Å². The molecule has 2 aliphatic rings. The van der Waals surface area contributed by atoms with Crippen LogP contribution in [0.1, 0.15) is 280 Å². The average molecular weight is 1350 g/mol. The van der Waals surface area contributed by atoms with E-state index in [-0.39, 0.29) is 48.7 Å². The van der Waals surface area contributed by atoms with E-state index in [2.05, 4.69) is 27.7 Å². The van der Waals surface area contributed by atoms with Crippen LogP contribution in [0, 0.1) is 0 Å². The van der Waals surface area contributed by atoms with Crippen molar-refractivity contribution in [1.29, 1.82) is 0 Å². The standard InChI is InChI=1S/C88H98O12/c1-5-9-13-17-21-27-61-33-41-65(42-34-61)85(91)95-69-49-53-73-74-54-50-70(96-86(92)66-43-35-62(36-44-66)28-22-18-14-10-6-2)58-78(74)83(77(73)57-69)99-81(89)31-25-26-32-82(90)100-84-79-59-71(97-87(93)67-45-37-63(38-46-67)29-23-19-15-11-7-3)51-55-75(79)76-56-52-72(60-80(76)84)98-88(94)68-47-39-64(40-48-68)30-24-20-16-12-8-4/h33-60,83-84H,5-32H2,1-4H3. The highest BCUT2D eigenvalue weighted by molar-refractivity contribution is 5.94. The molecule has 0 heterocycles. The third-order valence-corrected chi connectivity index (χ3v) is 19.2. The molecule has 0 spiro atoms. The van der Waals surface area contributed by atoms with Crippen LogP contribution in [0.2, 0.25) is 0 Å². The first-order chi connectivity index (χ1) is 48.9. The average Bonchev–Trinajstić information content (AvgIpc) is 1.61. The molecule has 12 heteroatoms. The topological polar surface area (TPSA) is 158 Å². The molecule has 0 saturated heterocycles. The first-order valence-electron chi connectivity index (χ1n) is 37.1. The minimum absolute atomic E-state index is 0.0522. The predicted octanol–water partition coefficient (Wildman–Crippen LogP) is 22.1. The Kier molecular flexibility index (Phi) is 27.6. The van der Waals surface area contributed by atoms with Gasteiger partial charge in [-0.05, 0) is 206 Å². The van der Waals surface area contributed by atoms with Crippen molar-refractivity contribution in [1.82, 2.24) is 0 Å². The predicted molar refractivity (Wildman–Crippen MR) is 394 cm³/mol. The number of unbranched alkanes of at least 4 members (excludes halogenated alkanes) is 17. The van der Waals surface area contributed by atoms with Gasteiger partial charge in [0.25, 0.3) is 0 Å². The Morgan fingerprint density at radius 2 is 0.480 bits per heavy atom. The van der Waals surface area contributed by atoms with Gasteiger partial charge in [0.2, 0.25) is 0 Å². The van der Waals surface area contributed by atoms with Crippen LogP contribution < -0.4 is 18.9 Å². The van der Waals surface area contributed by atoms with Crippen LogP contribution in [0.15, 0.2) is 170 Å². The summed E-state index contributed by atoms with van der Waals surface area (Å²) in [6, 6.07) is 51.2. The van der Waals surface area contributed by atoms with E-state index in [0.29, 0.717) is 44.5 Å². The summed E-state index contributed by atoms with van der Waals surface area (Å²) in [5, 5.41) is 0. The lowest BCUT2D eigenvalue weighted by atomic mass is 10.0. The van der Waals surface area contributed by atoms with Crippen LogP contribution in [0.25, 0.3) is 22.3 Å². The van der Waals surface area contributed by atoms with Crippen molar-refractivity contribution in [3.05, 3.63) is 237 Å². The third-order valence-electron chi connectivity index (χ3n) is 19.2. The van der Waals surface area contributed by atoms with Crippen molar-refractivity contribution in [2.75, 3.05) is 0 Å². The molecule has 0 radical (unpaired) electrons. The molecule has 0 saturated carbocycles. The van der Waals surface area contributed by atoms with Crippen LogP contribution in [0.5, 0.6) is 23.0 Å². The second-order valence-electron chi connectivity index (χ2n) is 26.9. The van der Waals surface area contributed by atoms with Crippen molar-refractivity contribution >= 4 is 35.8 Å². The van der Waals surface area contributed by atoms with E-state index >= 15 is 0 Å². The number of esters is 6. The maximum atomic E-state index is 14.2. The summed E-state index contributed by atoms with van der Waals surface area (Å²) in [5.74, 6) is -2.11. The van der Waals surface area contributed by atoms with Crippen LogP contribution >= 0.6 is 0 Å². The highest BCUT2D eigenvalue weighted by Gasteiger charge is 2.35. The van der Waals surface area contributed by atoms with Crippen LogP contribution in [0.3, 0.4) is 0 Å². The monoisotopic (exact) mass is 1350 g/mol. The Morgan fingerprint density at radius 3 is 0.700 bits per heavy atom. The smallest absolute Gasteiger partial charge is 0.343 e. The number of rotatable bonds is 39. The zero-order valence-corrected chi connectivity index (χ0v) is 59.0. The molecule has 0 fully saturated rings. The van der Waals surface area contributed by atoms with Crippen molar-refractivity contribution in [3.8, 4) is 45.3 Å². The van der Waals surface area contributed by atoms with Gasteiger partial charge in [0.05, 0.1) is 22.3 Å².